The van der Waals surface area contributed by atoms with Gasteiger partial charge in [0.25, 0.3) is 5.91 Å². The highest BCUT2D eigenvalue weighted by Crippen LogP contribution is 2.29. The lowest BCUT2D eigenvalue weighted by atomic mass is 10.0. The van der Waals surface area contributed by atoms with Crippen LogP contribution in [0.5, 0.6) is 0 Å². The van der Waals surface area contributed by atoms with Gasteiger partial charge in [0.1, 0.15) is 5.69 Å². The number of amides is 1. The van der Waals surface area contributed by atoms with Crippen molar-refractivity contribution in [1.82, 2.24) is 4.98 Å². The lowest BCUT2D eigenvalue weighted by molar-refractivity contribution is 0.101. The first-order valence-corrected chi connectivity index (χ1v) is 8.80. The van der Waals surface area contributed by atoms with E-state index in [2.05, 4.69) is 34.4 Å². The Morgan fingerprint density at radius 3 is 2.76 bits per heavy atom. The van der Waals surface area contributed by atoms with Crippen LogP contribution in [0.15, 0.2) is 18.2 Å². The van der Waals surface area contributed by atoms with E-state index >= 15 is 0 Å². The Hall–Kier alpha value is -2.56. The monoisotopic (exact) mass is 339 g/mol. The number of anilines is 2. The van der Waals surface area contributed by atoms with Crippen LogP contribution in [0.25, 0.3) is 0 Å². The van der Waals surface area contributed by atoms with Crippen LogP contribution in [0, 0.1) is 6.92 Å². The molecule has 1 aromatic carbocycles. The van der Waals surface area contributed by atoms with E-state index in [1.54, 1.807) is 0 Å². The number of nitrogens with one attached hydrogen (secondary N) is 2. The highest BCUT2D eigenvalue weighted by molar-refractivity contribution is 6.07. The van der Waals surface area contributed by atoms with Crippen molar-refractivity contribution in [2.45, 2.75) is 40.0 Å². The van der Waals surface area contributed by atoms with E-state index in [-0.39, 0.29) is 11.7 Å². The van der Waals surface area contributed by atoms with Crippen molar-refractivity contribution in [3.8, 4) is 0 Å². The van der Waals surface area contributed by atoms with Gasteiger partial charge in [0.05, 0.1) is 0 Å². The number of hydrogen-bond acceptors (Lipinski definition) is 3. The minimum Gasteiger partial charge on any atom is -0.374 e. The van der Waals surface area contributed by atoms with Crippen LogP contribution in [-0.2, 0) is 12.8 Å². The van der Waals surface area contributed by atoms with E-state index in [1.165, 1.54) is 18.2 Å². The number of carbonyl (C=O) groups excluding carboxylic acids is 2. The first kappa shape index (κ1) is 17.3. The fourth-order valence-electron chi connectivity index (χ4n) is 3.76. The molecule has 0 aliphatic carbocycles. The maximum absolute atomic E-state index is 12.8. The molecule has 2 heterocycles. The van der Waals surface area contributed by atoms with Crippen LogP contribution < -0.4 is 10.2 Å². The van der Waals surface area contributed by atoms with Crippen LogP contribution in [0.1, 0.15) is 57.9 Å². The standard InChI is InChI=1S/C20H25N3O2/c1-5-16-18(13(3)24)12(2)21-19(16)20(25)22-15-8-9-17-14(11-15)7-6-10-23(17)4/h8-9,11,21H,5-7,10H2,1-4H3,(H,22,25). The maximum atomic E-state index is 12.8. The summed E-state index contributed by atoms with van der Waals surface area (Å²) in [6.07, 6.45) is 2.79. The molecule has 1 amide bonds. The SMILES string of the molecule is CCc1c(C(=O)Nc2ccc3c(c2)CCCN3C)[nH]c(C)c1C(C)=O. The van der Waals surface area contributed by atoms with Gasteiger partial charge in [-0.1, -0.05) is 6.92 Å². The Labute approximate surface area is 148 Å². The van der Waals surface area contributed by atoms with Gasteiger partial charge in [0.2, 0.25) is 0 Å². The number of carbonyl (C=O) groups is 2. The Bertz CT molecular complexity index is 836. The largest absolute Gasteiger partial charge is 0.374 e. The number of H-pyrrole nitrogens is 1. The molecule has 0 saturated heterocycles. The Kier molecular flexibility index (Phi) is 4.66. The number of aryl methyl sites for hydroxylation is 2. The third-order valence-corrected chi connectivity index (χ3v) is 4.91. The van der Waals surface area contributed by atoms with Crippen molar-refractivity contribution in [3.63, 3.8) is 0 Å². The summed E-state index contributed by atoms with van der Waals surface area (Å²) in [7, 11) is 2.09. The molecule has 0 saturated carbocycles. The molecule has 0 fully saturated rings. The highest BCUT2D eigenvalue weighted by atomic mass is 16.2. The van der Waals surface area contributed by atoms with Crippen molar-refractivity contribution in [1.29, 1.82) is 0 Å². The van der Waals surface area contributed by atoms with E-state index < -0.39 is 0 Å². The molecule has 1 aromatic heterocycles. The number of fused-ring (bicyclic) bond motifs is 1. The highest BCUT2D eigenvalue weighted by Gasteiger charge is 2.22. The predicted octanol–water partition coefficient (Wildman–Crippen LogP) is 3.72. The lowest BCUT2D eigenvalue weighted by Crippen LogP contribution is -2.24. The summed E-state index contributed by atoms with van der Waals surface area (Å²) < 4.78 is 0. The Balaban J connectivity index is 1.88. The molecule has 1 aliphatic rings. The molecular formula is C20H25N3O2. The summed E-state index contributed by atoms with van der Waals surface area (Å²) in [6.45, 7) is 6.40. The van der Waals surface area contributed by atoms with Crippen LogP contribution in [-0.4, -0.2) is 30.3 Å². The number of aromatic amines is 1. The molecule has 5 heteroatoms. The third kappa shape index (κ3) is 3.18. The molecule has 0 unspecified atom stereocenters. The van der Waals surface area contributed by atoms with Gasteiger partial charge in [-0.3, -0.25) is 9.59 Å². The molecular weight excluding hydrogens is 314 g/mol. The molecule has 5 nitrogen and oxygen atoms in total. The van der Waals surface area contributed by atoms with Gasteiger partial charge in [-0.25, -0.2) is 0 Å². The van der Waals surface area contributed by atoms with Gasteiger partial charge in [-0.15, -0.1) is 0 Å². The van der Waals surface area contributed by atoms with Gasteiger partial charge in [0.15, 0.2) is 5.78 Å². The molecule has 132 valence electrons. The number of Topliss-reactive ketones (excluding diaryl/α,β-unsaturated/α-hetero) is 1. The quantitative estimate of drug-likeness (QED) is 0.834. The summed E-state index contributed by atoms with van der Waals surface area (Å²) in [5, 5.41) is 2.98. The number of ketones is 1. The minimum absolute atomic E-state index is 0.0125. The van der Waals surface area contributed by atoms with E-state index in [9.17, 15) is 9.59 Å². The number of rotatable bonds is 4. The first-order chi connectivity index (χ1) is 11.9. The molecule has 2 aromatic rings. The Morgan fingerprint density at radius 2 is 2.08 bits per heavy atom. The van der Waals surface area contributed by atoms with E-state index in [0.29, 0.717) is 17.7 Å². The van der Waals surface area contributed by atoms with Crippen molar-refractivity contribution >= 4 is 23.1 Å². The molecule has 1 aliphatic heterocycles. The molecule has 2 N–H and O–H groups in total. The maximum Gasteiger partial charge on any atom is 0.272 e. The fourth-order valence-corrected chi connectivity index (χ4v) is 3.76. The zero-order chi connectivity index (χ0) is 18.1. The number of benzene rings is 1. The Morgan fingerprint density at radius 1 is 1.32 bits per heavy atom. The first-order valence-electron chi connectivity index (χ1n) is 8.80. The van der Waals surface area contributed by atoms with E-state index in [4.69, 9.17) is 0 Å². The van der Waals surface area contributed by atoms with Crippen molar-refractivity contribution in [2.75, 3.05) is 23.8 Å². The second-order valence-corrected chi connectivity index (χ2v) is 6.71. The normalized spacial score (nSPS) is 13.5. The van der Waals surface area contributed by atoms with E-state index in [0.717, 1.165) is 36.3 Å². The number of hydrogen-bond donors (Lipinski definition) is 2. The fraction of sp³-hybridized carbons (Fsp3) is 0.400. The van der Waals surface area contributed by atoms with E-state index in [1.807, 2.05) is 19.9 Å². The zero-order valence-corrected chi connectivity index (χ0v) is 15.3. The van der Waals surface area contributed by atoms with Gasteiger partial charge in [-0.05, 0) is 62.4 Å². The molecule has 3 rings (SSSR count). The van der Waals surface area contributed by atoms with Crippen LogP contribution in [0.4, 0.5) is 11.4 Å². The average Bonchev–Trinajstić information content (AvgIpc) is 2.91. The summed E-state index contributed by atoms with van der Waals surface area (Å²) in [5.41, 5.74) is 5.95. The summed E-state index contributed by atoms with van der Waals surface area (Å²) >= 11 is 0. The predicted molar refractivity (Wildman–Crippen MR) is 101 cm³/mol. The van der Waals surface area contributed by atoms with Crippen LogP contribution >= 0.6 is 0 Å². The smallest absolute Gasteiger partial charge is 0.272 e. The van der Waals surface area contributed by atoms with Gasteiger partial charge in [-0.2, -0.15) is 0 Å². The molecule has 0 spiro atoms. The third-order valence-electron chi connectivity index (χ3n) is 4.91. The molecule has 25 heavy (non-hydrogen) atoms. The topological polar surface area (TPSA) is 65.2 Å². The van der Waals surface area contributed by atoms with Crippen molar-refractivity contribution in [2.24, 2.45) is 0 Å². The summed E-state index contributed by atoms with van der Waals surface area (Å²) in [4.78, 5) is 30.0. The second-order valence-electron chi connectivity index (χ2n) is 6.71. The minimum atomic E-state index is -0.198. The van der Waals surface area contributed by atoms with Crippen LogP contribution in [0.3, 0.4) is 0 Å². The zero-order valence-electron chi connectivity index (χ0n) is 15.3. The van der Waals surface area contributed by atoms with Crippen LogP contribution in [0.2, 0.25) is 0 Å². The molecule has 0 atom stereocenters. The van der Waals surface area contributed by atoms with Crippen molar-refractivity contribution in [3.05, 3.63) is 46.3 Å². The summed E-state index contributed by atoms with van der Waals surface area (Å²) in [5.74, 6) is -0.210. The summed E-state index contributed by atoms with van der Waals surface area (Å²) in [6, 6.07) is 6.05. The van der Waals surface area contributed by atoms with Gasteiger partial charge >= 0.3 is 0 Å². The average molecular weight is 339 g/mol. The number of aromatic nitrogens is 1. The van der Waals surface area contributed by atoms with Gasteiger partial charge in [0, 0.05) is 36.2 Å². The lowest BCUT2D eigenvalue weighted by Gasteiger charge is -2.27. The number of nitrogens with zero attached hydrogens (tertiary/aromatic N) is 1. The molecule has 0 bridgehead atoms. The van der Waals surface area contributed by atoms with Crippen molar-refractivity contribution < 1.29 is 9.59 Å². The second kappa shape index (κ2) is 6.75. The van der Waals surface area contributed by atoms with Gasteiger partial charge < -0.3 is 15.2 Å². The molecule has 0 radical (unpaired) electrons.